The zero-order valence-electron chi connectivity index (χ0n) is 20.7. The Morgan fingerprint density at radius 1 is 1.08 bits per heavy atom. The van der Waals surface area contributed by atoms with E-state index in [-0.39, 0.29) is 11.5 Å². The average molecular weight is 517 g/mol. The van der Waals surface area contributed by atoms with Crippen LogP contribution in [0.15, 0.2) is 67.5 Å². The Labute approximate surface area is 216 Å². The Morgan fingerprint density at radius 3 is 2.66 bits per heavy atom. The van der Waals surface area contributed by atoms with Crippen molar-refractivity contribution in [3.63, 3.8) is 0 Å². The number of imidazole rings is 1. The van der Waals surface area contributed by atoms with E-state index in [1.165, 1.54) is 13.2 Å². The Morgan fingerprint density at radius 2 is 1.89 bits per heavy atom. The highest BCUT2D eigenvalue weighted by Crippen LogP contribution is 2.41. The highest BCUT2D eigenvalue weighted by molar-refractivity contribution is 6.13. The Kier molecular flexibility index (Phi) is 5.55. The molecule has 192 valence electrons. The van der Waals surface area contributed by atoms with Crippen molar-refractivity contribution in [1.29, 1.82) is 0 Å². The lowest BCUT2D eigenvalue weighted by molar-refractivity contribution is -0.140. The SMILES string of the molecule is Cc1cnc2cccc(N3CCc4c(cc(Cn5ccnc5)cc4-c4cn(C)nc4C(F)(F)F)C3=O)c2c1. The van der Waals surface area contributed by atoms with E-state index in [9.17, 15) is 18.0 Å². The van der Waals surface area contributed by atoms with Crippen LogP contribution in [0.2, 0.25) is 0 Å². The molecule has 2 aromatic carbocycles. The Bertz CT molecular complexity index is 1690. The number of hydrogen-bond acceptors (Lipinski definition) is 4. The van der Waals surface area contributed by atoms with Crippen LogP contribution in [0.4, 0.5) is 18.9 Å². The molecule has 10 heteroatoms. The van der Waals surface area contributed by atoms with Gasteiger partial charge in [-0.05, 0) is 65.9 Å². The molecule has 1 aliphatic heterocycles. The molecule has 0 fully saturated rings. The number of aromatic nitrogens is 5. The zero-order chi connectivity index (χ0) is 26.6. The lowest BCUT2D eigenvalue weighted by Gasteiger charge is -2.31. The van der Waals surface area contributed by atoms with Gasteiger partial charge < -0.3 is 9.47 Å². The standard InChI is InChI=1S/C28H23F3N6O/c1-17-10-22-24(33-13-17)4-3-5-25(22)37-8-6-19-20(23-15-35(2)34-26(23)28(29,30)31)11-18(12-21(19)27(37)38)14-36-9-7-32-16-36/h3-5,7,9-13,15-16H,6,8,14H2,1-2H3. The van der Waals surface area contributed by atoms with Gasteiger partial charge in [0.2, 0.25) is 0 Å². The topological polar surface area (TPSA) is 68.8 Å². The average Bonchev–Trinajstić information content (AvgIpc) is 3.53. The third-order valence-corrected chi connectivity index (χ3v) is 6.81. The van der Waals surface area contributed by atoms with E-state index in [1.807, 2.05) is 35.8 Å². The van der Waals surface area contributed by atoms with Gasteiger partial charge in [0.1, 0.15) is 0 Å². The van der Waals surface area contributed by atoms with Crippen molar-refractivity contribution in [1.82, 2.24) is 24.3 Å². The van der Waals surface area contributed by atoms with Gasteiger partial charge in [-0.1, -0.05) is 6.07 Å². The van der Waals surface area contributed by atoms with Crippen molar-refractivity contribution in [2.45, 2.75) is 26.1 Å². The summed E-state index contributed by atoms with van der Waals surface area (Å²) < 4.78 is 44.8. The van der Waals surface area contributed by atoms with Crippen LogP contribution in [0, 0.1) is 6.92 Å². The smallest absolute Gasteiger partial charge is 0.333 e. The quantitative estimate of drug-likeness (QED) is 0.320. The number of pyridine rings is 1. The predicted molar refractivity (Wildman–Crippen MR) is 137 cm³/mol. The van der Waals surface area contributed by atoms with E-state index in [1.54, 1.807) is 42.0 Å². The van der Waals surface area contributed by atoms with Crippen LogP contribution >= 0.6 is 0 Å². The summed E-state index contributed by atoms with van der Waals surface area (Å²) in [4.78, 5) is 24.3. The number of amides is 1. The van der Waals surface area contributed by atoms with Gasteiger partial charge in [-0.2, -0.15) is 18.3 Å². The first-order valence-electron chi connectivity index (χ1n) is 12.1. The number of carbonyl (C=O) groups excluding carboxylic acids is 1. The van der Waals surface area contributed by atoms with E-state index in [0.29, 0.717) is 41.8 Å². The third-order valence-electron chi connectivity index (χ3n) is 6.81. The van der Waals surface area contributed by atoms with Gasteiger partial charge in [0.15, 0.2) is 5.69 Å². The van der Waals surface area contributed by atoms with Crippen LogP contribution in [0.25, 0.3) is 22.0 Å². The maximum absolute atomic E-state index is 14.0. The molecule has 5 aromatic rings. The zero-order valence-corrected chi connectivity index (χ0v) is 20.7. The van der Waals surface area contributed by atoms with Crippen molar-refractivity contribution < 1.29 is 18.0 Å². The second-order valence-electron chi connectivity index (χ2n) is 9.53. The van der Waals surface area contributed by atoms with E-state index in [4.69, 9.17) is 0 Å². The predicted octanol–water partition coefficient (Wildman–Crippen LogP) is 5.41. The molecule has 38 heavy (non-hydrogen) atoms. The fraction of sp³-hybridized carbons (Fsp3) is 0.214. The molecule has 0 radical (unpaired) electrons. The van der Waals surface area contributed by atoms with E-state index >= 15 is 0 Å². The molecule has 1 aliphatic rings. The lowest BCUT2D eigenvalue weighted by Crippen LogP contribution is -2.38. The van der Waals surface area contributed by atoms with Crippen molar-refractivity contribution >= 4 is 22.5 Å². The number of fused-ring (bicyclic) bond motifs is 2. The van der Waals surface area contributed by atoms with Gasteiger partial charge in [0, 0.05) is 61.4 Å². The van der Waals surface area contributed by atoms with Crippen LogP contribution in [0.3, 0.4) is 0 Å². The minimum atomic E-state index is -4.64. The van der Waals surface area contributed by atoms with Crippen LogP contribution in [0.1, 0.15) is 32.7 Å². The van der Waals surface area contributed by atoms with Crippen molar-refractivity contribution in [2.24, 2.45) is 7.05 Å². The first-order chi connectivity index (χ1) is 18.2. The molecule has 0 unspecified atom stereocenters. The molecule has 0 spiro atoms. The molecular formula is C28H23F3N6O. The van der Waals surface area contributed by atoms with Crippen LogP contribution < -0.4 is 4.90 Å². The number of nitrogens with zero attached hydrogens (tertiary/aromatic N) is 6. The molecule has 0 N–H and O–H groups in total. The summed E-state index contributed by atoms with van der Waals surface area (Å²) in [5.74, 6) is -0.258. The number of aryl methyl sites for hydroxylation is 2. The van der Waals surface area contributed by atoms with Gasteiger partial charge >= 0.3 is 6.18 Å². The van der Waals surface area contributed by atoms with Crippen LogP contribution in [0.5, 0.6) is 0 Å². The summed E-state index contributed by atoms with van der Waals surface area (Å²) in [6, 6.07) is 11.1. The lowest BCUT2D eigenvalue weighted by atomic mass is 9.87. The van der Waals surface area contributed by atoms with Crippen molar-refractivity contribution in [2.75, 3.05) is 11.4 Å². The summed E-state index contributed by atoms with van der Waals surface area (Å²) >= 11 is 0. The maximum atomic E-state index is 14.0. The summed E-state index contributed by atoms with van der Waals surface area (Å²) in [5, 5.41) is 4.56. The number of alkyl halides is 3. The monoisotopic (exact) mass is 516 g/mol. The number of benzene rings is 2. The van der Waals surface area contributed by atoms with Gasteiger partial charge in [-0.3, -0.25) is 14.5 Å². The number of carbonyl (C=O) groups is 1. The number of halogens is 3. The largest absolute Gasteiger partial charge is 0.435 e. The van der Waals surface area contributed by atoms with Crippen LogP contribution in [-0.2, 0) is 26.2 Å². The Balaban J connectivity index is 1.53. The molecule has 3 aromatic heterocycles. The van der Waals surface area contributed by atoms with Crippen LogP contribution in [-0.4, -0.2) is 36.8 Å². The normalized spacial score (nSPS) is 13.8. The molecule has 0 bridgehead atoms. The highest BCUT2D eigenvalue weighted by atomic mass is 19.4. The minimum Gasteiger partial charge on any atom is -0.333 e. The van der Waals surface area contributed by atoms with E-state index < -0.39 is 11.9 Å². The first kappa shape index (κ1) is 23.9. The minimum absolute atomic E-state index is 0.0324. The van der Waals surface area contributed by atoms with Gasteiger partial charge in [-0.15, -0.1) is 0 Å². The van der Waals surface area contributed by atoms with E-state index in [0.717, 1.165) is 26.8 Å². The van der Waals surface area contributed by atoms with Crippen molar-refractivity contribution in [3.8, 4) is 11.1 Å². The molecule has 0 aliphatic carbocycles. The number of anilines is 1. The van der Waals surface area contributed by atoms with Gasteiger partial charge in [0.25, 0.3) is 5.91 Å². The summed E-state index contributed by atoms with van der Waals surface area (Å²) in [7, 11) is 1.46. The van der Waals surface area contributed by atoms with Gasteiger partial charge in [-0.25, -0.2) is 4.98 Å². The number of hydrogen-bond donors (Lipinski definition) is 0. The summed E-state index contributed by atoms with van der Waals surface area (Å²) in [5.41, 5.74) is 3.52. The number of rotatable bonds is 4. The molecule has 7 nitrogen and oxygen atoms in total. The first-order valence-corrected chi connectivity index (χ1v) is 12.1. The molecule has 4 heterocycles. The summed E-state index contributed by atoms with van der Waals surface area (Å²) in [6.07, 6.45) is 3.93. The van der Waals surface area contributed by atoms with E-state index in [2.05, 4.69) is 15.1 Å². The fourth-order valence-electron chi connectivity index (χ4n) is 5.18. The third kappa shape index (κ3) is 4.11. The second kappa shape index (κ2) is 8.83. The molecule has 0 saturated carbocycles. The van der Waals surface area contributed by atoms with Gasteiger partial charge in [0.05, 0.1) is 17.5 Å². The van der Waals surface area contributed by atoms with Crippen molar-refractivity contribution in [3.05, 3.63) is 95.5 Å². The Hall–Kier alpha value is -4.47. The highest BCUT2D eigenvalue weighted by Gasteiger charge is 2.39. The molecular weight excluding hydrogens is 493 g/mol. The molecule has 6 rings (SSSR count). The maximum Gasteiger partial charge on any atom is 0.435 e. The molecule has 1 amide bonds. The fourth-order valence-corrected chi connectivity index (χ4v) is 5.18. The molecule has 0 atom stereocenters. The second-order valence-corrected chi connectivity index (χ2v) is 9.53. The molecule has 0 saturated heterocycles. The summed E-state index contributed by atoms with van der Waals surface area (Å²) in [6.45, 7) is 2.62.